The van der Waals surface area contributed by atoms with Crippen LogP contribution >= 0.6 is 0 Å². The van der Waals surface area contributed by atoms with E-state index in [0.717, 1.165) is 64.2 Å². The van der Waals surface area contributed by atoms with Crippen molar-refractivity contribution in [3.63, 3.8) is 0 Å². The second kappa shape index (κ2) is 12.3. The molecule has 2 amide bonds. The highest BCUT2D eigenvalue weighted by atomic mass is 16.5. The van der Waals surface area contributed by atoms with E-state index in [9.17, 15) is 14.4 Å². The van der Waals surface area contributed by atoms with Crippen molar-refractivity contribution in [2.75, 3.05) is 10.6 Å². The van der Waals surface area contributed by atoms with Crippen LogP contribution in [0.1, 0.15) is 90.5 Å². The molecule has 7 heteroatoms. The minimum Gasteiger partial charge on any atom is -0.459 e. The summed E-state index contributed by atoms with van der Waals surface area (Å²) >= 11 is 0. The summed E-state index contributed by atoms with van der Waals surface area (Å²) in [5.74, 6) is 1.49. The topological polar surface area (TPSA) is 93.7 Å². The van der Waals surface area contributed by atoms with Gasteiger partial charge in [-0.2, -0.15) is 0 Å². The molecular weight excluding hydrogens is 456 g/mol. The van der Waals surface area contributed by atoms with E-state index in [1.807, 2.05) is 0 Å². The summed E-state index contributed by atoms with van der Waals surface area (Å²) < 4.78 is 11.4. The SMILES string of the molecule is C#Cc1cccc(NC(=O)Nc2cc(C(=O)OC3CCCCC3)cc(C(=O)OC3CCCCC3)c2)c1. The van der Waals surface area contributed by atoms with Crippen LogP contribution in [0.4, 0.5) is 16.2 Å². The molecule has 0 heterocycles. The van der Waals surface area contributed by atoms with Crippen LogP contribution in [0.5, 0.6) is 0 Å². The maximum Gasteiger partial charge on any atom is 0.338 e. The fourth-order valence-corrected chi connectivity index (χ4v) is 4.72. The van der Waals surface area contributed by atoms with Crippen molar-refractivity contribution in [2.45, 2.75) is 76.4 Å². The number of nitrogens with one attached hydrogen (secondary N) is 2. The summed E-state index contributed by atoms with van der Waals surface area (Å²) in [6.07, 6.45) is 14.9. The van der Waals surface area contributed by atoms with Crippen LogP contribution < -0.4 is 10.6 Å². The maximum atomic E-state index is 13.0. The summed E-state index contributed by atoms with van der Waals surface area (Å²) in [5, 5.41) is 5.42. The molecule has 188 valence electrons. The van der Waals surface area contributed by atoms with Crippen molar-refractivity contribution >= 4 is 29.3 Å². The van der Waals surface area contributed by atoms with E-state index in [4.69, 9.17) is 15.9 Å². The molecule has 36 heavy (non-hydrogen) atoms. The van der Waals surface area contributed by atoms with E-state index in [2.05, 4.69) is 16.6 Å². The van der Waals surface area contributed by atoms with Gasteiger partial charge >= 0.3 is 18.0 Å². The van der Waals surface area contributed by atoms with Gasteiger partial charge in [0, 0.05) is 16.9 Å². The van der Waals surface area contributed by atoms with E-state index in [-0.39, 0.29) is 29.0 Å². The summed E-state index contributed by atoms with van der Waals surface area (Å²) in [6, 6.07) is 10.9. The predicted octanol–water partition coefficient (Wildman–Crippen LogP) is 6.29. The fourth-order valence-electron chi connectivity index (χ4n) is 4.72. The van der Waals surface area contributed by atoms with Crippen LogP contribution in [0, 0.1) is 12.3 Å². The molecule has 2 aromatic rings. The lowest BCUT2D eigenvalue weighted by molar-refractivity contribution is 0.0210. The van der Waals surface area contributed by atoms with Gasteiger partial charge in [-0.05, 0) is 87.8 Å². The van der Waals surface area contributed by atoms with E-state index in [1.54, 1.807) is 24.3 Å². The molecule has 2 N–H and O–H groups in total. The molecular formula is C29H32N2O5. The lowest BCUT2D eigenvalue weighted by Gasteiger charge is -2.23. The summed E-state index contributed by atoms with van der Waals surface area (Å²) in [7, 11) is 0. The zero-order valence-corrected chi connectivity index (χ0v) is 20.4. The first-order chi connectivity index (χ1) is 17.5. The molecule has 0 atom stereocenters. The summed E-state index contributed by atoms with van der Waals surface area (Å²) in [5.41, 5.74) is 1.83. The molecule has 0 spiro atoms. The van der Waals surface area contributed by atoms with Crippen LogP contribution in [-0.4, -0.2) is 30.2 Å². The zero-order valence-electron chi connectivity index (χ0n) is 20.4. The third-order valence-electron chi connectivity index (χ3n) is 6.60. The average Bonchev–Trinajstić information content (AvgIpc) is 2.89. The molecule has 7 nitrogen and oxygen atoms in total. The van der Waals surface area contributed by atoms with E-state index >= 15 is 0 Å². The van der Waals surface area contributed by atoms with Gasteiger partial charge in [0.05, 0.1) is 11.1 Å². The molecule has 2 saturated carbocycles. The van der Waals surface area contributed by atoms with Crippen molar-refractivity contribution < 1.29 is 23.9 Å². The van der Waals surface area contributed by atoms with Crippen molar-refractivity contribution in [1.82, 2.24) is 0 Å². The third kappa shape index (κ3) is 7.11. The minimum absolute atomic E-state index is 0.132. The number of terminal acetylenes is 1. The molecule has 0 aromatic heterocycles. The van der Waals surface area contributed by atoms with E-state index < -0.39 is 18.0 Å². The van der Waals surface area contributed by atoms with Crippen molar-refractivity contribution in [3.05, 3.63) is 59.2 Å². The Hall–Kier alpha value is -3.79. The fraction of sp³-hybridized carbons (Fsp3) is 0.414. The average molecular weight is 489 g/mol. The highest BCUT2D eigenvalue weighted by molar-refractivity contribution is 6.03. The Labute approximate surface area is 211 Å². The Bertz CT molecular complexity index is 1090. The normalized spacial score (nSPS) is 16.4. The smallest absolute Gasteiger partial charge is 0.338 e. The Kier molecular flexibility index (Phi) is 8.62. The molecule has 0 bridgehead atoms. The molecule has 2 aliphatic rings. The molecule has 4 rings (SSSR count). The molecule has 0 unspecified atom stereocenters. The van der Waals surface area contributed by atoms with Gasteiger partial charge in [-0.3, -0.25) is 0 Å². The first-order valence-corrected chi connectivity index (χ1v) is 12.7. The lowest BCUT2D eigenvalue weighted by Crippen LogP contribution is -2.23. The number of ether oxygens (including phenoxy) is 2. The first kappa shape index (κ1) is 25.3. The second-order valence-corrected chi connectivity index (χ2v) is 9.43. The van der Waals surface area contributed by atoms with Gasteiger partial charge in [-0.25, -0.2) is 14.4 Å². The second-order valence-electron chi connectivity index (χ2n) is 9.43. The first-order valence-electron chi connectivity index (χ1n) is 12.7. The minimum atomic E-state index is -0.534. The monoisotopic (exact) mass is 488 g/mol. The lowest BCUT2D eigenvalue weighted by atomic mass is 9.97. The number of rotatable bonds is 6. The number of amides is 2. The van der Waals surface area contributed by atoms with E-state index in [1.165, 1.54) is 18.2 Å². The number of carbonyl (C=O) groups is 3. The number of benzene rings is 2. The summed E-state index contributed by atoms with van der Waals surface area (Å²) in [4.78, 5) is 38.6. The Morgan fingerprint density at radius 1 is 0.722 bits per heavy atom. The zero-order chi connectivity index (χ0) is 25.3. The van der Waals surface area contributed by atoms with Gasteiger partial charge in [-0.1, -0.05) is 24.8 Å². The van der Waals surface area contributed by atoms with E-state index in [0.29, 0.717) is 11.3 Å². The number of esters is 2. The Morgan fingerprint density at radius 3 is 1.78 bits per heavy atom. The molecule has 2 aliphatic carbocycles. The molecule has 2 fully saturated rings. The molecule has 0 radical (unpaired) electrons. The summed E-state index contributed by atoms with van der Waals surface area (Å²) in [6.45, 7) is 0. The number of hydrogen-bond donors (Lipinski definition) is 2. The van der Waals surface area contributed by atoms with Gasteiger partial charge in [0.1, 0.15) is 12.2 Å². The number of hydrogen-bond acceptors (Lipinski definition) is 5. The highest BCUT2D eigenvalue weighted by Crippen LogP contribution is 2.25. The van der Waals surface area contributed by atoms with Gasteiger partial charge in [0.25, 0.3) is 0 Å². The largest absolute Gasteiger partial charge is 0.459 e. The standard InChI is InChI=1S/C29H32N2O5/c1-2-20-10-9-11-23(16-20)30-29(34)31-24-18-21(27(32)35-25-12-5-3-6-13-25)17-22(19-24)28(33)36-26-14-7-4-8-15-26/h1,9-11,16-19,25-26H,3-8,12-15H2,(H2,30,31,34). The molecule has 2 aromatic carbocycles. The van der Waals surface area contributed by atoms with Crippen LogP contribution in [0.15, 0.2) is 42.5 Å². The van der Waals surface area contributed by atoms with Gasteiger partial charge < -0.3 is 20.1 Å². The van der Waals surface area contributed by atoms with Gasteiger partial charge in [0.2, 0.25) is 0 Å². The van der Waals surface area contributed by atoms with Crippen molar-refractivity contribution in [3.8, 4) is 12.3 Å². The van der Waals surface area contributed by atoms with Crippen LogP contribution in [0.25, 0.3) is 0 Å². The number of anilines is 2. The Balaban J connectivity index is 1.52. The van der Waals surface area contributed by atoms with Gasteiger partial charge in [-0.15, -0.1) is 6.42 Å². The van der Waals surface area contributed by atoms with Crippen molar-refractivity contribution in [2.24, 2.45) is 0 Å². The van der Waals surface area contributed by atoms with Crippen LogP contribution in [-0.2, 0) is 9.47 Å². The predicted molar refractivity (Wildman–Crippen MR) is 138 cm³/mol. The highest BCUT2D eigenvalue weighted by Gasteiger charge is 2.23. The van der Waals surface area contributed by atoms with Crippen LogP contribution in [0.3, 0.4) is 0 Å². The third-order valence-corrected chi connectivity index (χ3v) is 6.60. The Morgan fingerprint density at radius 2 is 1.25 bits per heavy atom. The maximum absolute atomic E-state index is 13.0. The quantitative estimate of drug-likeness (QED) is 0.368. The van der Waals surface area contributed by atoms with Gasteiger partial charge in [0.15, 0.2) is 0 Å². The number of carbonyl (C=O) groups excluding carboxylic acids is 3. The molecule has 0 aliphatic heterocycles. The van der Waals surface area contributed by atoms with Crippen molar-refractivity contribution in [1.29, 1.82) is 0 Å². The molecule has 0 saturated heterocycles. The number of urea groups is 1. The van der Waals surface area contributed by atoms with Crippen LogP contribution in [0.2, 0.25) is 0 Å².